The van der Waals surface area contributed by atoms with Gasteiger partial charge in [-0.25, -0.2) is 26.6 Å². The zero-order valence-corrected chi connectivity index (χ0v) is 15.9. The van der Waals surface area contributed by atoms with Crippen molar-refractivity contribution in [3.63, 3.8) is 0 Å². The minimum atomic E-state index is -3.20. The number of halogens is 1. The van der Waals surface area contributed by atoms with Crippen LogP contribution in [0, 0.1) is 5.82 Å². The van der Waals surface area contributed by atoms with Gasteiger partial charge >= 0.3 is 0 Å². The van der Waals surface area contributed by atoms with Crippen molar-refractivity contribution in [3.8, 4) is 11.1 Å². The molecule has 0 N–H and O–H groups in total. The fourth-order valence-corrected chi connectivity index (χ4v) is 4.68. The lowest BCUT2D eigenvalue weighted by molar-refractivity contribution is 0.309. The van der Waals surface area contributed by atoms with Crippen molar-refractivity contribution in [2.45, 2.75) is 25.7 Å². The molecule has 0 radical (unpaired) electrons. The average Bonchev–Trinajstić information content (AvgIpc) is 3.11. The van der Waals surface area contributed by atoms with E-state index in [4.69, 9.17) is 0 Å². The van der Waals surface area contributed by atoms with Crippen LogP contribution in [-0.4, -0.2) is 46.2 Å². The summed E-state index contributed by atoms with van der Waals surface area (Å²) in [6.45, 7) is 2.64. The fraction of sp³-hybridized carbons (Fsp3) is 0.368. The summed E-state index contributed by atoms with van der Waals surface area (Å²) in [4.78, 5) is 4.59. The molecule has 1 aliphatic rings. The summed E-state index contributed by atoms with van der Waals surface area (Å²) in [6, 6.07) is 10.1. The molecule has 0 spiro atoms. The van der Waals surface area contributed by atoms with Gasteiger partial charge in [0, 0.05) is 30.8 Å². The molecule has 142 valence electrons. The number of rotatable bonds is 4. The second-order valence-electron chi connectivity index (χ2n) is 6.80. The molecule has 1 aromatic carbocycles. The first kappa shape index (κ1) is 18.1. The van der Waals surface area contributed by atoms with Gasteiger partial charge in [-0.05, 0) is 49.6 Å². The van der Waals surface area contributed by atoms with Gasteiger partial charge in [-0.1, -0.05) is 12.1 Å². The molecule has 1 aliphatic heterocycles. The van der Waals surface area contributed by atoms with E-state index in [0.29, 0.717) is 24.6 Å². The maximum Gasteiger partial charge on any atom is 0.213 e. The number of hydrogen-bond donors (Lipinski definition) is 0. The van der Waals surface area contributed by atoms with Crippen LogP contribution in [0.2, 0.25) is 0 Å². The minimum Gasteiger partial charge on any atom is -0.220 e. The first-order chi connectivity index (χ1) is 13.0. The maximum absolute atomic E-state index is 13.5. The number of piperidine rings is 1. The van der Waals surface area contributed by atoms with E-state index in [1.54, 1.807) is 21.8 Å². The van der Waals surface area contributed by atoms with Crippen LogP contribution < -0.4 is 0 Å². The predicted molar refractivity (Wildman–Crippen MR) is 101 cm³/mol. The average molecular weight is 388 g/mol. The molecule has 3 heterocycles. The molecule has 1 fully saturated rings. The number of sulfonamides is 1. The SMILES string of the molecule is CCS(=O)(=O)N1CCC[C@H](c2nc3ccc(-c4cccc(F)c4)cn3n2)C1. The normalized spacial score (nSPS) is 18.8. The Labute approximate surface area is 157 Å². The molecule has 6 nitrogen and oxygen atoms in total. The lowest BCUT2D eigenvalue weighted by atomic mass is 9.99. The van der Waals surface area contributed by atoms with E-state index >= 15 is 0 Å². The maximum atomic E-state index is 13.5. The summed E-state index contributed by atoms with van der Waals surface area (Å²) in [6.07, 6.45) is 3.49. The highest BCUT2D eigenvalue weighted by Gasteiger charge is 2.30. The standard InChI is InChI=1S/C19H21FN4O2S/c1-2-27(25,26)23-10-4-6-16(12-23)19-21-18-9-8-15(13-24(18)22-19)14-5-3-7-17(20)11-14/h3,5,7-9,11,13,16H,2,4,6,10,12H2,1H3/t16-/m0/s1. The number of fused-ring (bicyclic) bond motifs is 1. The summed E-state index contributed by atoms with van der Waals surface area (Å²) in [5, 5.41) is 4.58. The molecule has 3 aromatic rings. The van der Waals surface area contributed by atoms with Crippen molar-refractivity contribution in [2.75, 3.05) is 18.8 Å². The van der Waals surface area contributed by atoms with Gasteiger partial charge < -0.3 is 0 Å². The van der Waals surface area contributed by atoms with Crippen LogP contribution in [0.1, 0.15) is 31.5 Å². The molecule has 4 rings (SSSR count). The van der Waals surface area contributed by atoms with E-state index in [1.165, 1.54) is 12.1 Å². The third kappa shape index (κ3) is 3.59. The molecule has 0 bridgehead atoms. The van der Waals surface area contributed by atoms with E-state index in [1.807, 2.05) is 24.4 Å². The van der Waals surface area contributed by atoms with Crippen LogP contribution in [-0.2, 0) is 10.0 Å². The third-order valence-corrected chi connectivity index (χ3v) is 6.86. The van der Waals surface area contributed by atoms with Crippen LogP contribution in [0.3, 0.4) is 0 Å². The molecule has 1 atom stereocenters. The number of hydrogen-bond acceptors (Lipinski definition) is 4. The summed E-state index contributed by atoms with van der Waals surface area (Å²) >= 11 is 0. The van der Waals surface area contributed by atoms with Crippen molar-refractivity contribution in [1.29, 1.82) is 0 Å². The Kier molecular flexibility index (Phi) is 4.69. The quantitative estimate of drug-likeness (QED) is 0.689. The van der Waals surface area contributed by atoms with Gasteiger partial charge in [0.1, 0.15) is 5.82 Å². The Balaban J connectivity index is 1.64. The van der Waals surface area contributed by atoms with E-state index in [0.717, 1.165) is 24.0 Å². The molecule has 0 amide bonds. The van der Waals surface area contributed by atoms with Gasteiger partial charge in [0.05, 0.1) is 5.75 Å². The van der Waals surface area contributed by atoms with E-state index in [9.17, 15) is 12.8 Å². The van der Waals surface area contributed by atoms with Gasteiger partial charge in [-0.15, -0.1) is 0 Å². The zero-order valence-electron chi connectivity index (χ0n) is 15.0. The van der Waals surface area contributed by atoms with Gasteiger partial charge in [-0.2, -0.15) is 5.10 Å². The number of aromatic nitrogens is 3. The Hall–Kier alpha value is -2.32. The Morgan fingerprint density at radius 1 is 1.22 bits per heavy atom. The number of benzene rings is 1. The van der Waals surface area contributed by atoms with Crippen molar-refractivity contribution in [2.24, 2.45) is 0 Å². The van der Waals surface area contributed by atoms with Crippen LogP contribution in [0.15, 0.2) is 42.6 Å². The van der Waals surface area contributed by atoms with Gasteiger partial charge in [0.25, 0.3) is 0 Å². The first-order valence-electron chi connectivity index (χ1n) is 9.06. The Bertz CT molecular complexity index is 1080. The summed E-state index contributed by atoms with van der Waals surface area (Å²) < 4.78 is 41.1. The predicted octanol–water partition coefficient (Wildman–Crippen LogP) is 3.06. The van der Waals surface area contributed by atoms with E-state index in [-0.39, 0.29) is 17.5 Å². The monoisotopic (exact) mass is 388 g/mol. The molecule has 0 saturated carbocycles. The molecule has 8 heteroatoms. The topological polar surface area (TPSA) is 67.6 Å². The van der Waals surface area contributed by atoms with Crippen LogP contribution in [0.4, 0.5) is 4.39 Å². The smallest absolute Gasteiger partial charge is 0.213 e. The summed E-state index contributed by atoms with van der Waals surface area (Å²) in [5.74, 6) is 0.460. The lowest BCUT2D eigenvalue weighted by Crippen LogP contribution is -2.40. The highest BCUT2D eigenvalue weighted by atomic mass is 32.2. The molecular weight excluding hydrogens is 367 g/mol. The minimum absolute atomic E-state index is 0.0161. The van der Waals surface area contributed by atoms with E-state index in [2.05, 4.69) is 10.1 Å². The molecule has 27 heavy (non-hydrogen) atoms. The van der Waals surface area contributed by atoms with Crippen LogP contribution in [0.5, 0.6) is 0 Å². The van der Waals surface area contributed by atoms with Crippen LogP contribution in [0.25, 0.3) is 16.8 Å². The second-order valence-corrected chi connectivity index (χ2v) is 9.06. The third-order valence-electron chi connectivity index (χ3n) is 5.01. The van der Waals surface area contributed by atoms with Gasteiger partial charge in [0.15, 0.2) is 11.5 Å². The first-order valence-corrected chi connectivity index (χ1v) is 10.7. The summed E-state index contributed by atoms with van der Waals surface area (Å²) in [7, 11) is -3.20. The zero-order chi connectivity index (χ0) is 19.0. The largest absolute Gasteiger partial charge is 0.220 e. The van der Waals surface area contributed by atoms with Crippen molar-refractivity contribution >= 4 is 15.7 Å². The van der Waals surface area contributed by atoms with Crippen molar-refractivity contribution < 1.29 is 12.8 Å². The molecule has 1 saturated heterocycles. The van der Waals surface area contributed by atoms with E-state index < -0.39 is 10.0 Å². The Morgan fingerprint density at radius 3 is 2.85 bits per heavy atom. The van der Waals surface area contributed by atoms with Gasteiger partial charge in [0.2, 0.25) is 10.0 Å². The highest BCUT2D eigenvalue weighted by molar-refractivity contribution is 7.89. The number of pyridine rings is 1. The highest BCUT2D eigenvalue weighted by Crippen LogP contribution is 2.27. The Morgan fingerprint density at radius 2 is 2.07 bits per heavy atom. The lowest BCUT2D eigenvalue weighted by Gasteiger charge is -2.30. The molecule has 0 unspecified atom stereocenters. The molecular formula is C19H21FN4O2S. The second kappa shape index (κ2) is 7.01. The van der Waals surface area contributed by atoms with Crippen molar-refractivity contribution in [3.05, 3.63) is 54.2 Å². The van der Waals surface area contributed by atoms with Crippen LogP contribution >= 0.6 is 0 Å². The molecule has 0 aliphatic carbocycles. The molecule has 2 aromatic heterocycles. The fourth-order valence-electron chi connectivity index (χ4n) is 3.50. The number of nitrogens with zero attached hydrogens (tertiary/aromatic N) is 4. The van der Waals surface area contributed by atoms with Gasteiger partial charge in [-0.3, -0.25) is 0 Å². The van der Waals surface area contributed by atoms with Crippen molar-refractivity contribution in [1.82, 2.24) is 18.9 Å². The summed E-state index contributed by atoms with van der Waals surface area (Å²) in [5.41, 5.74) is 2.31.